The number of allylic oxidation sites excluding steroid dienone is 1. The predicted octanol–water partition coefficient (Wildman–Crippen LogP) is 6.90. The fraction of sp³-hybridized carbons (Fsp3) is 0.107. The van der Waals surface area contributed by atoms with E-state index in [4.69, 9.17) is 4.74 Å². The molecule has 0 heterocycles. The van der Waals surface area contributed by atoms with Crippen LogP contribution in [0.2, 0.25) is 0 Å². The number of ether oxygens (including phenoxy) is 1. The van der Waals surface area contributed by atoms with E-state index in [1.165, 1.54) is 0 Å². The SMILES string of the molecule is Cc1cc(OCc2ccccc2)c(C(=O)C=Cc2ccc[cH-]2)cc1C.[Fe+2].c1cc[cH-]c1. The second kappa shape index (κ2) is 12.5. The summed E-state index contributed by atoms with van der Waals surface area (Å²) < 4.78 is 5.96. The van der Waals surface area contributed by atoms with E-state index in [1.54, 1.807) is 6.08 Å². The number of hydrogen-bond acceptors (Lipinski definition) is 2. The van der Waals surface area contributed by atoms with Gasteiger partial charge in [-0.1, -0.05) is 36.4 Å². The van der Waals surface area contributed by atoms with E-state index in [1.807, 2.05) is 117 Å². The average molecular weight is 450 g/mol. The number of benzene rings is 2. The fourth-order valence-corrected chi connectivity index (χ4v) is 2.92. The van der Waals surface area contributed by atoms with Gasteiger partial charge in [-0.2, -0.15) is 42.0 Å². The van der Waals surface area contributed by atoms with Crippen LogP contribution in [0.25, 0.3) is 6.08 Å². The molecule has 2 nitrogen and oxygen atoms in total. The molecule has 3 heteroatoms. The van der Waals surface area contributed by atoms with E-state index < -0.39 is 0 Å². The minimum Gasteiger partial charge on any atom is -0.488 e. The van der Waals surface area contributed by atoms with Crippen molar-refractivity contribution in [3.05, 3.63) is 131 Å². The number of carbonyl (C=O) groups excluding carboxylic acids is 1. The van der Waals surface area contributed by atoms with Crippen molar-refractivity contribution in [3.8, 4) is 5.75 Å². The van der Waals surface area contributed by atoms with Crippen LogP contribution in [0.5, 0.6) is 5.75 Å². The van der Waals surface area contributed by atoms with Crippen LogP contribution in [-0.4, -0.2) is 5.78 Å². The molecular formula is C28H26FeO2. The van der Waals surface area contributed by atoms with Gasteiger partial charge in [0.05, 0.1) is 5.56 Å². The summed E-state index contributed by atoms with van der Waals surface area (Å²) in [6.45, 7) is 4.48. The third kappa shape index (κ3) is 7.57. The van der Waals surface area contributed by atoms with Crippen molar-refractivity contribution in [1.29, 1.82) is 0 Å². The zero-order valence-corrected chi connectivity index (χ0v) is 18.9. The van der Waals surface area contributed by atoms with Crippen LogP contribution in [0.4, 0.5) is 0 Å². The second-order valence-electron chi connectivity index (χ2n) is 7.08. The van der Waals surface area contributed by atoms with E-state index >= 15 is 0 Å². The van der Waals surface area contributed by atoms with Gasteiger partial charge in [-0.25, -0.2) is 12.1 Å². The molecule has 4 aromatic carbocycles. The van der Waals surface area contributed by atoms with Crippen molar-refractivity contribution in [3.63, 3.8) is 0 Å². The van der Waals surface area contributed by atoms with Crippen LogP contribution in [0, 0.1) is 13.8 Å². The Balaban J connectivity index is 0.000000501. The van der Waals surface area contributed by atoms with Crippen LogP contribution < -0.4 is 4.74 Å². The molecule has 4 aromatic rings. The zero-order chi connectivity index (χ0) is 21.2. The minimum atomic E-state index is -0.0487. The van der Waals surface area contributed by atoms with Gasteiger partial charge >= 0.3 is 17.1 Å². The van der Waals surface area contributed by atoms with E-state index in [2.05, 4.69) is 0 Å². The third-order valence-corrected chi connectivity index (χ3v) is 4.77. The van der Waals surface area contributed by atoms with Crippen molar-refractivity contribution in [1.82, 2.24) is 0 Å². The molecule has 0 amide bonds. The minimum absolute atomic E-state index is 0. The molecule has 0 unspecified atom stereocenters. The van der Waals surface area contributed by atoms with Crippen LogP contribution >= 0.6 is 0 Å². The van der Waals surface area contributed by atoms with E-state index in [0.29, 0.717) is 17.9 Å². The molecule has 158 valence electrons. The van der Waals surface area contributed by atoms with Crippen molar-refractivity contribution in [2.75, 3.05) is 0 Å². The fourth-order valence-electron chi connectivity index (χ4n) is 2.92. The average Bonchev–Trinajstić information content (AvgIpc) is 3.50. The summed E-state index contributed by atoms with van der Waals surface area (Å²) in [4.78, 5) is 12.7. The molecule has 0 aliphatic carbocycles. The number of ketones is 1. The summed E-state index contributed by atoms with van der Waals surface area (Å²) in [5, 5.41) is 0. The normalized spacial score (nSPS) is 10.1. The van der Waals surface area contributed by atoms with E-state index in [0.717, 1.165) is 22.3 Å². The molecule has 0 saturated carbocycles. The Morgan fingerprint density at radius 3 is 2.23 bits per heavy atom. The van der Waals surface area contributed by atoms with Gasteiger partial charge in [-0.3, -0.25) is 4.79 Å². The molecular weight excluding hydrogens is 424 g/mol. The Kier molecular flexibility index (Phi) is 9.76. The Labute approximate surface area is 195 Å². The van der Waals surface area contributed by atoms with E-state index in [-0.39, 0.29) is 22.9 Å². The Bertz CT molecular complexity index is 1040. The molecule has 0 aromatic heterocycles. The molecule has 0 N–H and O–H groups in total. The first-order valence-electron chi connectivity index (χ1n) is 10.0. The number of carbonyl (C=O) groups is 1. The van der Waals surface area contributed by atoms with Crippen LogP contribution in [0.15, 0.2) is 103 Å². The summed E-state index contributed by atoms with van der Waals surface area (Å²) in [6, 6.07) is 31.7. The second-order valence-corrected chi connectivity index (χ2v) is 7.08. The van der Waals surface area contributed by atoms with Gasteiger partial charge in [0.2, 0.25) is 0 Å². The quantitative estimate of drug-likeness (QED) is 0.138. The van der Waals surface area contributed by atoms with Crippen LogP contribution in [0.3, 0.4) is 0 Å². The summed E-state index contributed by atoms with van der Waals surface area (Å²) in [6.07, 6.45) is 3.44. The molecule has 0 aliphatic heterocycles. The molecule has 0 spiro atoms. The van der Waals surface area contributed by atoms with Gasteiger partial charge < -0.3 is 4.74 Å². The van der Waals surface area contributed by atoms with Crippen molar-refractivity contribution in [2.45, 2.75) is 20.5 Å². The Hall–Kier alpha value is -3.13. The van der Waals surface area contributed by atoms with Gasteiger partial charge in [0.15, 0.2) is 5.78 Å². The maximum Gasteiger partial charge on any atom is 2.00 e. The van der Waals surface area contributed by atoms with Gasteiger partial charge in [-0.05, 0) is 42.7 Å². The number of hydrogen-bond donors (Lipinski definition) is 0. The topological polar surface area (TPSA) is 26.3 Å². The molecule has 0 atom stereocenters. The largest absolute Gasteiger partial charge is 2.00 e. The standard InChI is InChI=1S/C23H21O2.C5H5.Fe/c1-17-14-21(22(24)13-12-19-8-6-7-9-19)23(15-18(17)2)25-16-20-10-4-3-5-11-20;1-2-4-5-3-1;/h3-15H,16H2,1-2H3;1-5H;/q2*-1;+2. The van der Waals surface area contributed by atoms with Crippen molar-refractivity contribution >= 4 is 11.9 Å². The first kappa shape index (κ1) is 24.1. The summed E-state index contributed by atoms with van der Waals surface area (Å²) in [7, 11) is 0. The smallest absolute Gasteiger partial charge is 0.488 e. The maximum atomic E-state index is 12.7. The van der Waals surface area contributed by atoms with Gasteiger partial charge in [0.1, 0.15) is 12.4 Å². The number of rotatable bonds is 6. The molecule has 0 saturated heterocycles. The molecule has 0 radical (unpaired) electrons. The maximum absolute atomic E-state index is 12.7. The Morgan fingerprint density at radius 1 is 0.903 bits per heavy atom. The first-order chi connectivity index (χ1) is 14.6. The predicted molar refractivity (Wildman–Crippen MR) is 124 cm³/mol. The summed E-state index contributed by atoms with van der Waals surface area (Å²) in [5.74, 6) is 0.580. The third-order valence-electron chi connectivity index (χ3n) is 4.77. The molecule has 0 bridgehead atoms. The van der Waals surface area contributed by atoms with Crippen molar-refractivity contribution in [2.24, 2.45) is 0 Å². The molecule has 4 rings (SSSR count). The van der Waals surface area contributed by atoms with Crippen LogP contribution in [-0.2, 0) is 23.7 Å². The van der Waals surface area contributed by atoms with Crippen LogP contribution in [0.1, 0.15) is 32.6 Å². The Morgan fingerprint density at radius 2 is 1.61 bits per heavy atom. The molecule has 0 aliphatic rings. The summed E-state index contributed by atoms with van der Waals surface area (Å²) in [5.41, 5.74) is 4.88. The van der Waals surface area contributed by atoms with Gasteiger partial charge in [-0.15, -0.1) is 12.1 Å². The molecule has 31 heavy (non-hydrogen) atoms. The summed E-state index contributed by atoms with van der Waals surface area (Å²) >= 11 is 0. The van der Waals surface area contributed by atoms with Gasteiger partial charge in [0.25, 0.3) is 0 Å². The van der Waals surface area contributed by atoms with E-state index in [9.17, 15) is 4.79 Å². The van der Waals surface area contributed by atoms with Gasteiger partial charge in [0, 0.05) is 0 Å². The van der Waals surface area contributed by atoms with Crippen molar-refractivity contribution < 1.29 is 26.6 Å². The monoisotopic (exact) mass is 450 g/mol. The number of aryl methyl sites for hydroxylation is 2. The first-order valence-corrected chi connectivity index (χ1v) is 10.0. The molecule has 0 fully saturated rings. The zero-order valence-electron chi connectivity index (χ0n) is 17.8.